The van der Waals surface area contributed by atoms with Gasteiger partial charge in [-0.15, -0.1) is 0 Å². The Kier molecular flexibility index (Phi) is 10.7. The summed E-state index contributed by atoms with van der Waals surface area (Å²) in [7, 11) is 1.65. The number of hydrogen-bond acceptors (Lipinski definition) is 6. The minimum atomic E-state index is -0.895. The van der Waals surface area contributed by atoms with E-state index in [1.807, 2.05) is 0 Å². The highest BCUT2D eigenvalue weighted by atomic mass is 16.5. The number of benzene rings is 1. The number of amides is 2. The number of rotatable bonds is 14. The van der Waals surface area contributed by atoms with Gasteiger partial charge in [0.05, 0.1) is 46.1 Å². The lowest BCUT2D eigenvalue weighted by atomic mass is 10.1. The molecule has 0 bridgehead atoms. The lowest BCUT2D eigenvalue weighted by Crippen LogP contribution is -2.30. The van der Waals surface area contributed by atoms with Crippen molar-refractivity contribution < 1.29 is 33.7 Å². The number of aliphatic carboxylic acids is 1. The molecule has 3 N–H and O–H groups in total. The molecule has 9 heteroatoms. The van der Waals surface area contributed by atoms with E-state index in [0.717, 1.165) is 0 Å². The van der Waals surface area contributed by atoms with Gasteiger partial charge in [0.2, 0.25) is 5.91 Å². The van der Waals surface area contributed by atoms with Crippen LogP contribution in [0.5, 0.6) is 0 Å². The Morgan fingerprint density at radius 3 is 2.11 bits per heavy atom. The molecule has 150 valence electrons. The third kappa shape index (κ3) is 9.69. The number of carbonyl (C=O) groups is 3. The van der Waals surface area contributed by atoms with Gasteiger partial charge in [-0.05, 0) is 18.2 Å². The summed E-state index contributed by atoms with van der Waals surface area (Å²) in [6.07, 6.45) is -0.0256. The molecule has 1 aromatic rings. The fourth-order valence-corrected chi connectivity index (χ4v) is 2.03. The third-order valence-electron chi connectivity index (χ3n) is 3.52. The number of nitrogens with two attached hydrogens (primary N) is 1. The Morgan fingerprint density at radius 1 is 0.963 bits per heavy atom. The van der Waals surface area contributed by atoms with Crippen LogP contribution in [0.15, 0.2) is 24.3 Å². The van der Waals surface area contributed by atoms with Gasteiger partial charge in [0.15, 0.2) is 0 Å². The normalized spacial score (nSPS) is 10.6. The zero-order valence-electron chi connectivity index (χ0n) is 15.4. The maximum atomic E-state index is 12.3. The fraction of sp³-hybridized carbons (Fsp3) is 0.500. The van der Waals surface area contributed by atoms with E-state index in [1.54, 1.807) is 25.2 Å². The summed E-state index contributed by atoms with van der Waals surface area (Å²) in [5.74, 6) is -1.70. The lowest BCUT2D eigenvalue weighted by Gasteiger charge is -2.17. The highest BCUT2D eigenvalue weighted by Gasteiger charge is 2.13. The van der Waals surface area contributed by atoms with E-state index in [4.69, 9.17) is 25.1 Å². The van der Waals surface area contributed by atoms with Crippen molar-refractivity contribution in [2.45, 2.75) is 6.42 Å². The summed E-state index contributed by atoms with van der Waals surface area (Å²) in [6, 6.07) is 6.26. The summed E-state index contributed by atoms with van der Waals surface area (Å²) in [5.41, 5.74) is 5.89. The molecule has 0 fully saturated rings. The Morgan fingerprint density at radius 2 is 1.52 bits per heavy atom. The smallest absolute Gasteiger partial charge is 0.305 e. The van der Waals surface area contributed by atoms with Gasteiger partial charge in [-0.2, -0.15) is 0 Å². The van der Waals surface area contributed by atoms with Gasteiger partial charge in [0.25, 0.3) is 5.91 Å². The highest BCUT2D eigenvalue weighted by Crippen LogP contribution is 2.07. The van der Waals surface area contributed by atoms with Crippen LogP contribution in [0.25, 0.3) is 0 Å². The number of carbonyl (C=O) groups excluding carboxylic acids is 2. The van der Waals surface area contributed by atoms with E-state index in [-0.39, 0.29) is 24.5 Å². The van der Waals surface area contributed by atoms with Gasteiger partial charge < -0.3 is 30.0 Å². The van der Waals surface area contributed by atoms with Gasteiger partial charge in [0.1, 0.15) is 0 Å². The lowest BCUT2D eigenvalue weighted by molar-refractivity contribution is -0.138. The van der Waals surface area contributed by atoms with Crippen LogP contribution < -0.4 is 5.73 Å². The minimum absolute atomic E-state index is 0.0256. The van der Waals surface area contributed by atoms with Gasteiger partial charge in [-0.25, -0.2) is 0 Å². The number of hydrogen-bond donors (Lipinski definition) is 2. The summed E-state index contributed by atoms with van der Waals surface area (Å²) in [4.78, 5) is 35.2. The van der Waals surface area contributed by atoms with Crippen molar-refractivity contribution >= 4 is 17.8 Å². The molecule has 0 aromatic heterocycles. The van der Waals surface area contributed by atoms with Gasteiger partial charge >= 0.3 is 5.97 Å². The van der Waals surface area contributed by atoms with Gasteiger partial charge in [0, 0.05) is 24.7 Å². The van der Waals surface area contributed by atoms with Crippen molar-refractivity contribution in [1.82, 2.24) is 4.90 Å². The van der Waals surface area contributed by atoms with E-state index >= 15 is 0 Å². The average molecular weight is 382 g/mol. The first-order valence-corrected chi connectivity index (χ1v) is 8.52. The predicted octanol–water partition coefficient (Wildman–Crippen LogP) is 0.382. The highest BCUT2D eigenvalue weighted by molar-refractivity contribution is 5.98. The molecule has 0 atom stereocenters. The number of nitrogens with zero attached hydrogens (tertiary/aromatic N) is 1. The first-order chi connectivity index (χ1) is 12.9. The van der Waals surface area contributed by atoms with Crippen LogP contribution in [0.1, 0.15) is 27.1 Å². The number of primary amides is 1. The molecule has 0 unspecified atom stereocenters. The molecule has 0 aliphatic carbocycles. The van der Waals surface area contributed by atoms with Crippen LogP contribution in [0.4, 0.5) is 0 Å². The molecule has 0 radical (unpaired) electrons. The minimum Gasteiger partial charge on any atom is -0.481 e. The van der Waals surface area contributed by atoms with Crippen molar-refractivity contribution in [1.29, 1.82) is 0 Å². The first-order valence-electron chi connectivity index (χ1n) is 8.52. The van der Waals surface area contributed by atoms with Crippen LogP contribution >= 0.6 is 0 Å². The van der Waals surface area contributed by atoms with E-state index in [0.29, 0.717) is 45.1 Å². The zero-order valence-corrected chi connectivity index (χ0v) is 15.4. The molecule has 27 heavy (non-hydrogen) atoms. The molecule has 0 heterocycles. The molecule has 0 saturated heterocycles. The third-order valence-corrected chi connectivity index (χ3v) is 3.52. The second-order valence-corrected chi connectivity index (χ2v) is 5.65. The summed E-state index contributed by atoms with van der Waals surface area (Å²) in [5, 5.41) is 8.44. The van der Waals surface area contributed by atoms with E-state index in [1.165, 1.54) is 11.0 Å². The standard InChI is InChI=1S/C18H26N2O7/c1-20(18(24)15-4-2-3-14(13-15)17(19)23)6-8-26-10-12-27-11-9-25-7-5-16(21)22/h2-4,13H,5-12H2,1H3,(H2,19,23)(H,21,22). The number of carboxylic acids is 1. The Balaban J connectivity index is 2.11. The van der Waals surface area contributed by atoms with Crippen LogP contribution in [-0.4, -0.2) is 81.0 Å². The Bertz CT molecular complexity index is 621. The average Bonchev–Trinajstić information content (AvgIpc) is 2.65. The largest absolute Gasteiger partial charge is 0.481 e. The Hall–Kier alpha value is -2.49. The summed E-state index contributed by atoms with van der Waals surface area (Å²) in [6.45, 7) is 2.33. The molecule has 1 aromatic carbocycles. The quantitative estimate of drug-likeness (QED) is 0.445. The number of carboxylic acid groups (broad SMARTS) is 1. The molecular weight excluding hydrogens is 356 g/mol. The molecule has 9 nitrogen and oxygen atoms in total. The fourth-order valence-electron chi connectivity index (χ4n) is 2.03. The zero-order chi connectivity index (χ0) is 20.1. The van der Waals surface area contributed by atoms with Gasteiger partial charge in [-0.3, -0.25) is 14.4 Å². The molecule has 0 aliphatic rings. The molecule has 0 saturated carbocycles. The second-order valence-electron chi connectivity index (χ2n) is 5.65. The topological polar surface area (TPSA) is 128 Å². The number of ether oxygens (including phenoxy) is 3. The van der Waals surface area contributed by atoms with E-state index < -0.39 is 11.9 Å². The van der Waals surface area contributed by atoms with Crippen molar-refractivity contribution in [2.75, 3.05) is 53.2 Å². The van der Waals surface area contributed by atoms with Crippen molar-refractivity contribution in [3.05, 3.63) is 35.4 Å². The van der Waals surface area contributed by atoms with Crippen LogP contribution in [0.3, 0.4) is 0 Å². The molecule has 2 amide bonds. The van der Waals surface area contributed by atoms with Crippen molar-refractivity contribution in [2.24, 2.45) is 5.73 Å². The van der Waals surface area contributed by atoms with Crippen molar-refractivity contribution in [3.8, 4) is 0 Å². The number of likely N-dealkylation sites (N-methyl/N-ethyl adjacent to an activating group) is 1. The summed E-state index contributed by atoms with van der Waals surface area (Å²) >= 11 is 0. The maximum absolute atomic E-state index is 12.3. The first kappa shape index (κ1) is 22.6. The monoisotopic (exact) mass is 382 g/mol. The van der Waals surface area contributed by atoms with Gasteiger partial charge in [-0.1, -0.05) is 6.07 Å². The molecular formula is C18H26N2O7. The second kappa shape index (κ2) is 12.8. The molecule has 0 spiro atoms. The summed E-state index contributed by atoms with van der Waals surface area (Å²) < 4.78 is 15.8. The van der Waals surface area contributed by atoms with E-state index in [9.17, 15) is 14.4 Å². The predicted molar refractivity (Wildman–Crippen MR) is 96.6 cm³/mol. The van der Waals surface area contributed by atoms with Crippen LogP contribution in [0.2, 0.25) is 0 Å². The Labute approximate surface area is 158 Å². The van der Waals surface area contributed by atoms with Crippen LogP contribution in [-0.2, 0) is 19.0 Å². The molecule has 1 rings (SSSR count). The van der Waals surface area contributed by atoms with Crippen molar-refractivity contribution in [3.63, 3.8) is 0 Å². The SMILES string of the molecule is CN(CCOCCOCCOCCC(=O)O)C(=O)c1cccc(C(N)=O)c1. The maximum Gasteiger partial charge on any atom is 0.305 e. The van der Waals surface area contributed by atoms with Crippen LogP contribution in [0, 0.1) is 0 Å². The molecule has 0 aliphatic heterocycles. The van der Waals surface area contributed by atoms with E-state index in [2.05, 4.69) is 0 Å².